The number of hydrogen-bond donors (Lipinski definition) is 0. The molecule has 7 nitrogen and oxygen atoms in total. The Kier molecular flexibility index (Phi) is 7.99. The zero-order valence-electron chi connectivity index (χ0n) is 21.4. The molecule has 1 aromatic heterocycles. The number of benzene rings is 1. The minimum atomic E-state index is -5.04. The van der Waals surface area contributed by atoms with Gasteiger partial charge in [0.15, 0.2) is 0 Å². The summed E-state index contributed by atoms with van der Waals surface area (Å²) in [5.41, 5.74) is -3.57. The van der Waals surface area contributed by atoms with Gasteiger partial charge in [-0.3, -0.25) is 4.79 Å². The standard InChI is InChI=1S/C25H28F6N4O3/c1-6-18-10-19(20(36)35(18)22(37)38-23(3,4)5)34(21-32-11-14(2)12-33-21)13-15-7-16(24(26,27)28)9-17(8-15)25(29,30)31/h7-9,11-12,18-19H,6,10,13H2,1-5H3/t18-,19+/m1/s1. The van der Waals surface area contributed by atoms with E-state index in [0.29, 0.717) is 24.1 Å². The molecule has 1 fully saturated rings. The van der Waals surface area contributed by atoms with E-state index in [1.165, 1.54) is 17.3 Å². The molecule has 38 heavy (non-hydrogen) atoms. The Labute approximate surface area is 215 Å². The van der Waals surface area contributed by atoms with Gasteiger partial charge in [-0.1, -0.05) is 6.92 Å². The molecule has 0 aliphatic carbocycles. The Morgan fingerprint density at radius 3 is 2.00 bits per heavy atom. The first-order chi connectivity index (χ1) is 17.4. The zero-order valence-corrected chi connectivity index (χ0v) is 21.4. The third-order valence-electron chi connectivity index (χ3n) is 5.85. The summed E-state index contributed by atoms with van der Waals surface area (Å²) in [5.74, 6) is -0.792. The van der Waals surface area contributed by atoms with Gasteiger partial charge in [0.05, 0.1) is 11.1 Å². The summed E-state index contributed by atoms with van der Waals surface area (Å²) in [4.78, 5) is 36.8. The number of amides is 2. The molecule has 13 heteroatoms. The summed E-state index contributed by atoms with van der Waals surface area (Å²) in [6, 6.07) is -0.520. The second-order valence-corrected chi connectivity index (χ2v) is 10.1. The molecule has 2 amide bonds. The number of carbonyl (C=O) groups excluding carboxylic acids is 2. The van der Waals surface area contributed by atoms with Gasteiger partial charge in [0.1, 0.15) is 11.6 Å². The van der Waals surface area contributed by atoms with Gasteiger partial charge >= 0.3 is 18.4 Å². The maximum atomic E-state index is 13.5. The third-order valence-corrected chi connectivity index (χ3v) is 5.85. The lowest BCUT2D eigenvalue weighted by atomic mass is 10.0. The quantitative estimate of drug-likeness (QED) is 0.419. The summed E-state index contributed by atoms with van der Waals surface area (Å²) >= 11 is 0. The van der Waals surface area contributed by atoms with Crippen molar-refractivity contribution in [2.75, 3.05) is 4.90 Å². The van der Waals surface area contributed by atoms with Crippen LogP contribution in [0.1, 0.15) is 62.8 Å². The van der Waals surface area contributed by atoms with Gasteiger partial charge in [-0.15, -0.1) is 0 Å². The lowest BCUT2D eigenvalue weighted by Crippen LogP contribution is -2.46. The Hall–Kier alpha value is -3.38. The molecule has 2 atom stereocenters. The molecule has 0 radical (unpaired) electrons. The highest BCUT2D eigenvalue weighted by Gasteiger charge is 2.47. The highest BCUT2D eigenvalue weighted by molar-refractivity contribution is 5.99. The fourth-order valence-corrected chi connectivity index (χ4v) is 4.13. The van der Waals surface area contributed by atoms with Gasteiger partial charge in [0, 0.05) is 25.0 Å². The lowest BCUT2D eigenvalue weighted by molar-refractivity contribution is -0.143. The fourth-order valence-electron chi connectivity index (χ4n) is 4.13. The number of anilines is 1. The van der Waals surface area contributed by atoms with Crippen molar-refractivity contribution in [1.82, 2.24) is 14.9 Å². The van der Waals surface area contributed by atoms with Gasteiger partial charge in [0.25, 0.3) is 5.91 Å². The molecule has 2 heterocycles. The smallest absolute Gasteiger partial charge is 0.417 e. The van der Waals surface area contributed by atoms with Crippen LogP contribution in [0.3, 0.4) is 0 Å². The molecule has 3 rings (SSSR count). The van der Waals surface area contributed by atoms with Gasteiger partial charge in [-0.05, 0) is 69.9 Å². The number of rotatable bonds is 5. The first kappa shape index (κ1) is 29.2. The van der Waals surface area contributed by atoms with Crippen molar-refractivity contribution in [3.05, 3.63) is 52.8 Å². The molecule has 0 unspecified atom stereocenters. The van der Waals surface area contributed by atoms with Crippen LogP contribution in [0, 0.1) is 6.92 Å². The van der Waals surface area contributed by atoms with Crippen molar-refractivity contribution in [3.8, 4) is 0 Å². The van der Waals surface area contributed by atoms with Crippen molar-refractivity contribution >= 4 is 17.9 Å². The molecular weight excluding hydrogens is 518 g/mol. The third kappa shape index (κ3) is 6.73. The van der Waals surface area contributed by atoms with Crippen LogP contribution < -0.4 is 4.90 Å². The average Bonchev–Trinajstić information content (AvgIpc) is 3.12. The molecule has 1 aliphatic rings. The fraction of sp³-hybridized carbons (Fsp3) is 0.520. The Balaban J connectivity index is 2.08. The van der Waals surface area contributed by atoms with Crippen molar-refractivity contribution in [1.29, 1.82) is 0 Å². The number of halogens is 6. The number of alkyl halides is 6. The SMILES string of the molecule is CC[C@@H]1C[C@H](N(Cc2cc(C(F)(F)F)cc(C(F)(F)F)c2)c2ncc(C)cn2)C(=O)N1C(=O)OC(C)(C)C. The predicted molar refractivity (Wildman–Crippen MR) is 125 cm³/mol. The summed E-state index contributed by atoms with van der Waals surface area (Å²) in [6.07, 6.45) is -7.74. The van der Waals surface area contributed by atoms with Crippen LogP contribution in [0.2, 0.25) is 0 Å². The van der Waals surface area contributed by atoms with Gasteiger partial charge in [-0.2, -0.15) is 26.3 Å². The van der Waals surface area contributed by atoms with Crippen LogP contribution >= 0.6 is 0 Å². The number of carbonyl (C=O) groups is 2. The molecule has 208 valence electrons. The molecule has 1 saturated heterocycles. The van der Waals surface area contributed by atoms with Gasteiger partial charge in [-0.25, -0.2) is 19.7 Å². The molecule has 0 saturated carbocycles. The summed E-state index contributed by atoms with van der Waals surface area (Å²) in [6.45, 7) is 7.76. The molecular formula is C25H28F6N4O3. The molecule has 0 N–H and O–H groups in total. The molecule has 2 aromatic rings. The highest BCUT2D eigenvalue weighted by Crippen LogP contribution is 2.37. The summed E-state index contributed by atoms with van der Waals surface area (Å²) in [7, 11) is 0. The largest absolute Gasteiger partial charge is 0.443 e. The summed E-state index contributed by atoms with van der Waals surface area (Å²) < 4.78 is 86.1. The monoisotopic (exact) mass is 546 g/mol. The first-order valence-corrected chi connectivity index (χ1v) is 11.8. The van der Waals surface area contributed by atoms with E-state index in [0.717, 1.165) is 4.90 Å². The molecule has 0 bridgehead atoms. The Bertz CT molecular complexity index is 1140. The Morgan fingerprint density at radius 1 is 1.03 bits per heavy atom. The highest BCUT2D eigenvalue weighted by atomic mass is 19.4. The van der Waals surface area contributed by atoms with Crippen molar-refractivity contribution in [2.24, 2.45) is 0 Å². The van der Waals surface area contributed by atoms with Gasteiger partial charge in [0.2, 0.25) is 5.95 Å². The van der Waals surface area contributed by atoms with Crippen molar-refractivity contribution in [2.45, 2.75) is 84.0 Å². The number of ether oxygens (including phenoxy) is 1. The number of hydrogen-bond acceptors (Lipinski definition) is 6. The van der Waals surface area contributed by atoms with E-state index in [9.17, 15) is 35.9 Å². The van der Waals surface area contributed by atoms with Crippen LogP contribution in [0.15, 0.2) is 30.6 Å². The number of imide groups is 1. The number of aryl methyl sites for hydroxylation is 1. The van der Waals surface area contributed by atoms with Crippen LogP contribution in [-0.2, 0) is 28.4 Å². The van der Waals surface area contributed by atoms with E-state index < -0.39 is 59.7 Å². The first-order valence-electron chi connectivity index (χ1n) is 11.8. The Morgan fingerprint density at radius 2 is 1.55 bits per heavy atom. The number of likely N-dealkylation sites (tertiary alicyclic amines) is 1. The lowest BCUT2D eigenvalue weighted by Gasteiger charge is -2.29. The van der Waals surface area contributed by atoms with E-state index in [1.54, 1.807) is 34.6 Å². The molecule has 1 aromatic carbocycles. The minimum Gasteiger partial charge on any atom is -0.443 e. The minimum absolute atomic E-state index is 0.0360. The zero-order chi connectivity index (χ0) is 28.6. The van der Waals surface area contributed by atoms with Crippen LogP contribution in [0.5, 0.6) is 0 Å². The second-order valence-electron chi connectivity index (χ2n) is 10.1. The topological polar surface area (TPSA) is 75.6 Å². The summed E-state index contributed by atoms with van der Waals surface area (Å²) in [5, 5.41) is 0. The van der Waals surface area contributed by atoms with E-state index in [-0.39, 0.29) is 24.0 Å². The molecule has 0 spiro atoms. The van der Waals surface area contributed by atoms with Crippen LogP contribution in [-0.4, -0.2) is 44.6 Å². The van der Waals surface area contributed by atoms with E-state index in [1.807, 2.05) is 0 Å². The number of nitrogens with zero attached hydrogens (tertiary/aromatic N) is 4. The van der Waals surface area contributed by atoms with E-state index in [2.05, 4.69) is 9.97 Å². The molecule has 1 aliphatic heterocycles. The van der Waals surface area contributed by atoms with Gasteiger partial charge < -0.3 is 9.64 Å². The maximum absolute atomic E-state index is 13.5. The normalized spacial score (nSPS) is 18.6. The predicted octanol–water partition coefficient (Wildman–Crippen LogP) is 6.14. The van der Waals surface area contributed by atoms with E-state index >= 15 is 0 Å². The van der Waals surface area contributed by atoms with Crippen molar-refractivity contribution in [3.63, 3.8) is 0 Å². The van der Waals surface area contributed by atoms with Crippen LogP contribution in [0.4, 0.5) is 37.1 Å². The number of aromatic nitrogens is 2. The second kappa shape index (κ2) is 10.4. The van der Waals surface area contributed by atoms with Crippen LogP contribution in [0.25, 0.3) is 0 Å². The van der Waals surface area contributed by atoms with Crippen molar-refractivity contribution < 1.29 is 40.7 Å². The van der Waals surface area contributed by atoms with E-state index in [4.69, 9.17) is 4.74 Å². The average molecular weight is 547 g/mol. The maximum Gasteiger partial charge on any atom is 0.417 e.